The fraction of sp³-hybridized carbons (Fsp3) is 0.308. The highest BCUT2D eigenvalue weighted by molar-refractivity contribution is 5.86. The fourth-order valence-electron chi connectivity index (χ4n) is 2.11. The van der Waals surface area contributed by atoms with E-state index in [4.69, 9.17) is 5.73 Å². The van der Waals surface area contributed by atoms with Crippen molar-refractivity contribution in [3.63, 3.8) is 0 Å². The number of aliphatic imine (C=N–C) groups is 1. The van der Waals surface area contributed by atoms with Crippen LogP contribution in [0.1, 0.15) is 12.8 Å². The van der Waals surface area contributed by atoms with Crippen molar-refractivity contribution < 1.29 is 0 Å². The molecule has 0 aromatic carbocycles. The highest BCUT2D eigenvalue weighted by Gasteiger charge is 2.22. The van der Waals surface area contributed by atoms with Crippen LogP contribution >= 0.6 is 0 Å². The van der Waals surface area contributed by atoms with Gasteiger partial charge in [0.2, 0.25) is 0 Å². The monoisotopic (exact) mass is 215 g/mol. The van der Waals surface area contributed by atoms with Crippen LogP contribution in [0.5, 0.6) is 0 Å². The summed E-state index contributed by atoms with van der Waals surface area (Å²) in [5.41, 5.74) is 9.29. The van der Waals surface area contributed by atoms with Gasteiger partial charge < -0.3 is 10.6 Å². The normalized spacial score (nSPS) is 34.8. The summed E-state index contributed by atoms with van der Waals surface area (Å²) in [5.74, 6) is 1.11. The Hall–Kier alpha value is -1.77. The van der Waals surface area contributed by atoms with Crippen LogP contribution in [0.2, 0.25) is 0 Å². The average Bonchev–Trinajstić information content (AvgIpc) is 2.27. The van der Waals surface area contributed by atoms with E-state index < -0.39 is 0 Å². The Morgan fingerprint density at radius 2 is 2.06 bits per heavy atom. The van der Waals surface area contributed by atoms with Crippen LogP contribution in [0.4, 0.5) is 0 Å². The summed E-state index contributed by atoms with van der Waals surface area (Å²) in [4.78, 5) is 6.42. The summed E-state index contributed by atoms with van der Waals surface area (Å²) in [7, 11) is 3.88. The summed E-state index contributed by atoms with van der Waals surface area (Å²) in [5, 5.41) is 0. The maximum Gasteiger partial charge on any atom is 0.103 e. The maximum atomic E-state index is 6.06. The number of nitrogens with two attached hydrogens (primary N) is 1. The van der Waals surface area contributed by atoms with Gasteiger partial charge in [0.1, 0.15) is 5.84 Å². The number of hydrogen-bond donors (Lipinski definition) is 1. The number of likely N-dealkylation sites (N-methyl/N-ethyl adjacent to an activating group) is 1. The molecule has 0 unspecified atom stereocenters. The van der Waals surface area contributed by atoms with Crippen molar-refractivity contribution >= 4 is 5.84 Å². The molecule has 2 aliphatic rings. The van der Waals surface area contributed by atoms with E-state index in [1.165, 1.54) is 5.57 Å². The van der Waals surface area contributed by atoms with Crippen molar-refractivity contribution in [2.45, 2.75) is 12.8 Å². The van der Waals surface area contributed by atoms with Crippen LogP contribution in [0.3, 0.4) is 0 Å². The quantitative estimate of drug-likeness (QED) is 0.671. The molecule has 0 spiro atoms. The molecule has 1 aliphatic heterocycles. The molecule has 0 aromatic rings. The van der Waals surface area contributed by atoms with Crippen LogP contribution in [-0.4, -0.2) is 24.8 Å². The Morgan fingerprint density at radius 3 is 2.81 bits per heavy atom. The molecule has 2 N–H and O–H groups in total. The highest BCUT2D eigenvalue weighted by Crippen LogP contribution is 2.29. The maximum absolute atomic E-state index is 6.06. The molecule has 1 heterocycles. The average molecular weight is 215 g/mol. The van der Waals surface area contributed by atoms with Gasteiger partial charge in [-0.05, 0) is 24.1 Å². The minimum absolute atomic E-state index is 0.859. The number of nitrogens with zero attached hydrogens (tertiary/aromatic N) is 2. The summed E-state index contributed by atoms with van der Waals surface area (Å²) < 4.78 is 0. The van der Waals surface area contributed by atoms with Gasteiger partial charge in [0.25, 0.3) is 0 Å². The van der Waals surface area contributed by atoms with E-state index in [9.17, 15) is 0 Å². The second kappa shape index (κ2) is 4.39. The molecule has 1 saturated heterocycles. The molecule has 3 heteroatoms. The standard InChI is InChI=1S/C13H17N3/c1-15-13-9-8-10-11(14)6-4-3-5-7-12(10)16(13)2/h3-7H,8-9,14H2,1-2H3/b4-3?,5-3-,6-4-,7-5?,11-6?,11-10+,12-7+,15-13?. The number of hydrogen-bond acceptors (Lipinski definition) is 2. The van der Waals surface area contributed by atoms with Crippen LogP contribution in [0.15, 0.2) is 52.3 Å². The van der Waals surface area contributed by atoms with Crippen LogP contribution in [-0.2, 0) is 0 Å². The largest absolute Gasteiger partial charge is 0.398 e. The van der Waals surface area contributed by atoms with E-state index in [0.717, 1.165) is 30.1 Å². The second-order valence-electron chi connectivity index (χ2n) is 3.93. The summed E-state index contributed by atoms with van der Waals surface area (Å²) in [6, 6.07) is 0. The molecule has 3 nitrogen and oxygen atoms in total. The van der Waals surface area contributed by atoms with Crippen molar-refractivity contribution in [3.8, 4) is 0 Å². The molecule has 0 atom stereocenters. The Kier molecular flexibility index (Phi) is 2.95. The van der Waals surface area contributed by atoms with Crippen LogP contribution < -0.4 is 5.73 Å². The molecule has 0 saturated carbocycles. The molecule has 16 heavy (non-hydrogen) atoms. The molecular formula is C13H17N3. The summed E-state index contributed by atoms with van der Waals surface area (Å²) in [6.07, 6.45) is 12.0. The van der Waals surface area contributed by atoms with Gasteiger partial charge in [0.05, 0.1) is 0 Å². The Labute approximate surface area is 96.3 Å². The smallest absolute Gasteiger partial charge is 0.103 e. The first-order chi connectivity index (χ1) is 7.74. The molecule has 0 radical (unpaired) electrons. The van der Waals surface area contributed by atoms with Gasteiger partial charge in [0, 0.05) is 31.9 Å². The zero-order valence-electron chi connectivity index (χ0n) is 9.77. The zero-order valence-corrected chi connectivity index (χ0v) is 9.77. The molecule has 1 aliphatic carbocycles. The second-order valence-corrected chi connectivity index (χ2v) is 3.93. The van der Waals surface area contributed by atoms with Gasteiger partial charge >= 0.3 is 0 Å². The van der Waals surface area contributed by atoms with Crippen molar-refractivity contribution in [1.29, 1.82) is 0 Å². The number of rotatable bonds is 0. The van der Waals surface area contributed by atoms with Gasteiger partial charge in [-0.15, -0.1) is 0 Å². The first kappa shape index (κ1) is 10.7. The third kappa shape index (κ3) is 1.81. The molecule has 0 bridgehead atoms. The molecule has 0 aromatic heterocycles. The molecular weight excluding hydrogens is 198 g/mol. The SMILES string of the molecule is CN=C1CCC2=C(N)/C=C\C=C/C=C\2N1C. The third-order valence-corrected chi connectivity index (χ3v) is 3.01. The van der Waals surface area contributed by atoms with Gasteiger partial charge in [-0.25, -0.2) is 0 Å². The van der Waals surface area contributed by atoms with E-state index in [-0.39, 0.29) is 0 Å². The minimum atomic E-state index is 0.859. The lowest BCUT2D eigenvalue weighted by atomic mass is 9.96. The number of piperidine rings is 1. The topological polar surface area (TPSA) is 41.6 Å². The summed E-state index contributed by atoms with van der Waals surface area (Å²) >= 11 is 0. The van der Waals surface area contributed by atoms with Gasteiger partial charge in [-0.3, -0.25) is 4.99 Å². The Balaban J connectivity index is 2.46. The van der Waals surface area contributed by atoms with E-state index in [0.29, 0.717) is 0 Å². The van der Waals surface area contributed by atoms with E-state index in [1.807, 2.05) is 38.4 Å². The zero-order chi connectivity index (χ0) is 11.5. The van der Waals surface area contributed by atoms with E-state index in [1.54, 1.807) is 0 Å². The Morgan fingerprint density at radius 1 is 1.25 bits per heavy atom. The minimum Gasteiger partial charge on any atom is -0.398 e. The first-order valence-electron chi connectivity index (χ1n) is 5.47. The Bertz CT molecular complexity index is 436. The van der Waals surface area contributed by atoms with Crippen molar-refractivity contribution in [3.05, 3.63) is 47.3 Å². The van der Waals surface area contributed by atoms with E-state index in [2.05, 4.69) is 16.0 Å². The fourth-order valence-corrected chi connectivity index (χ4v) is 2.11. The first-order valence-corrected chi connectivity index (χ1v) is 5.47. The van der Waals surface area contributed by atoms with Crippen LogP contribution in [0.25, 0.3) is 0 Å². The molecule has 0 amide bonds. The number of allylic oxidation sites excluding steroid dienone is 6. The predicted molar refractivity (Wildman–Crippen MR) is 67.9 cm³/mol. The van der Waals surface area contributed by atoms with Gasteiger partial charge in [0.15, 0.2) is 0 Å². The molecule has 2 rings (SSSR count). The van der Waals surface area contributed by atoms with Gasteiger partial charge in [-0.1, -0.05) is 18.2 Å². The lowest BCUT2D eigenvalue weighted by Gasteiger charge is -2.32. The predicted octanol–water partition coefficient (Wildman–Crippen LogP) is 1.96. The van der Waals surface area contributed by atoms with E-state index >= 15 is 0 Å². The van der Waals surface area contributed by atoms with Crippen molar-refractivity contribution in [2.24, 2.45) is 10.7 Å². The number of fused-ring (bicyclic) bond motifs is 1. The highest BCUT2D eigenvalue weighted by atomic mass is 15.2. The molecule has 84 valence electrons. The van der Waals surface area contributed by atoms with Crippen molar-refractivity contribution in [1.82, 2.24) is 4.90 Å². The van der Waals surface area contributed by atoms with Gasteiger partial charge in [-0.2, -0.15) is 0 Å². The number of likely N-dealkylation sites (tertiary alicyclic amines) is 1. The lowest BCUT2D eigenvalue weighted by molar-refractivity contribution is 0.576. The molecule has 1 fully saturated rings. The lowest BCUT2D eigenvalue weighted by Crippen LogP contribution is -2.32. The van der Waals surface area contributed by atoms with Crippen molar-refractivity contribution in [2.75, 3.05) is 14.1 Å². The summed E-state index contributed by atoms with van der Waals surface area (Å²) in [6.45, 7) is 0. The van der Waals surface area contributed by atoms with Crippen LogP contribution in [0, 0.1) is 0 Å². The number of amidine groups is 1. The third-order valence-electron chi connectivity index (χ3n) is 3.01.